The quantitative estimate of drug-likeness (QED) is 0.803. The van der Waals surface area contributed by atoms with Crippen LogP contribution in [-0.4, -0.2) is 37.9 Å². The van der Waals surface area contributed by atoms with Gasteiger partial charge in [-0.25, -0.2) is 0 Å². The lowest BCUT2D eigenvalue weighted by molar-refractivity contribution is -0.145. The fourth-order valence-electron chi connectivity index (χ4n) is 4.14. The molecule has 0 aromatic rings. The predicted molar refractivity (Wildman–Crippen MR) is 76.2 cm³/mol. The Hall–Kier alpha value is -0.870. The number of carbonyl (C=O) groups is 1. The molecule has 0 aromatic carbocycles. The number of carbonyl (C=O) groups excluding carboxylic acids is 1. The van der Waals surface area contributed by atoms with Gasteiger partial charge in [-0.05, 0) is 30.1 Å². The van der Waals surface area contributed by atoms with Gasteiger partial charge in [0.1, 0.15) is 0 Å². The standard InChI is InChI=1S/C16H25NO3/c1-10-12-7-11(15(12,2)3)8-13(10)17-14(18)16(19-4)5-6-20-9-16/h11-13H,1,5-9H2,2-4H3,(H,17,18)/t11-,12+,13?,16?/m1/s1. The van der Waals surface area contributed by atoms with Crippen molar-refractivity contribution in [1.29, 1.82) is 0 Å². The van der Waals surface area contributed by atoms with Crippen LogP contribution in [0, 0.1) is 17.3 Å². The van der Waals surface area contributed by atoms with Gasteiger partial charge >= 0.3 is 0 Å². The van der Waals surface area contributed by atoms with E-state index in [-0.39, 0.29) is 11.9 Å². The Morgan fingerprint density at radius 1 is 1.45 bits per heavy atom. The summed E-state index contributed by atoms with van der Waals surface area (Å²) in [5, 5.41) is 3.16. The summed E-state index contributed by atoms with van der Waals surface area (Å²) in [6.45, 7) is 9.83. The molecule has 3 aliphatic carbocycles. The molecule has 0 radical (unpaired) electrons. The average Bonchev–Trinajstić information content (AvgIpc) is 2.90. The van der Waals surface area contributed by atoms with Crippen LogP contribution >= 0.6 is 0 Å². The number of hydrogen-bond acceptors (Lipinski definition) is 3. The Bertz CT molecular complexity index is 437. The van der Waals surface area contributed by atoms with Gasteiger partial charge in [0.05, 0.1) is 19.3 Å². The van der Waals surface area contributed by atoms with E-state index < -0.39 is 5.60 Å². The Labute approximate surface area is 120 Å². The van der Waals surface area contributed by atoms with E-state index >= 15 is 0 Å². The lowest BCUT2D eigenvalue weighted by Gasteiger charge is -2.60. The third-order valence-corrected chi connectivity index (χ3v) is 5.98. The van der Waals surface area contributed by atoms with Crippen molar-refractivity contribution in [3.63, 3.8) is 0 Å². The molecule has 4 aliphatic rings. The van der Waals surface area contributed by atoms with E-state index in [1.54, 1.807) is 7.11 Å². The summed E-state index contributed by atoms with van der Waals surface area (Å²) in [4.78, 5) is 12.5. The first kappa shape index (κ1) is 14.1. The van der Waals surface area contributed by atoms with Gasteiger partial charge in [-0.1, -0.05) is 26.0 Å². The molecule has 1 amide bonds. The number of ether oxygens (including phenoxy) is 2. The highest BCUT2D eigenvalue weighted by atomic mass is 16.6. The van der Waals surface area contributed by atoms with Crippen molar-refractivity contribution in [3.05, 3.63) is 12.2 Å². The zero-order valence-corrected chi connectivity index (χ0v) is 12.7. The molecule has 1 N–H and O–H groups in total. The number of rotatable bonds is 3. The molecule has 0 aromatic heterocycles. The van der Waals surface area contributed by atoms with E-state index in [0.29, 0.717) is 36.9 Å². The maximum absolute atomic E-state index is 12.5. The Kier molecular flexibility index (Phi) is 3.22. The predicted octanol–water partition coefficient (Wildman–Crippen LogP) is 1.90. The van der Waals surface area contributed by atoms with Gasteiger partial charge in [0, 0.05) is 13.5 Å². The molecule has 1 saturated heterocycles. The van der Waals surface area contributed by atoms with Gasteiger partial charge in [0.2, 0.25) is 0 Å². The highest BCUT2D eigenvalue weighted by Crippen LogP contribution is 2.60. The first-order chi connectivity index (χ1) is 9.40. The molecule has 4 heteroatoms. The maximum atomic E-state index is 12.5. The minimum absolute atomic E-state index is 0.0391. The molecule has 3 saturated carbocycles. The Morgan fingerprint density at radius 2 is 2.20 bits per heavy atom. The fourth-order valence-corrected chi connectivity index (χ4v) is 4.14. The highest BCUT2D eigenvalue weighted by Gasteiger charge is 2.55. The first-order valence-electron chi connectivity index (χ1n) is 7.53. The summed E-state index contributed by atoms with van der Waals surface area (Å²) in [5.41, 5.74) is 0.751. The second kappa shape index (κ2) is 4.57. The Balaban J connectivity index is 1.67. The van der Waals surface area contributed by atoms with Crippen molar-refractivity contribution in [1.82, 2.24) is 5.32 Å². The number of nitrogens with one attached hydrogen (secondary N) is 1. The summed E-state index contributed by atoms with van der Waals surface area (Å²) < 4.78 is 10.8. The topological polar surface area (TPSA) is 47.6 Å². The summed E-state index contributed by atoms with van der Waals surface area (Å²) in [6.07, 6.45) is 2.87. The monoisotopic (exact) mass is 279 g/mol. The number of methoxy groups -OCH3 is 1. The van der Waals surface area contributed by atoms with Crippen molar-refractivity contribution in [2.75, 3.05) is 20.3 Å². The molecule has 112 valence electrons. The van der Waals surface area contributed by atoms with Crippen molar-refractivity contribution in [2.45, 2.75) is 44.8 Å². The third kappa shape index (κ3) is 1.85. The second-order valence-corrected chi connectivity index (χ2v) is 7.14. The maximum Gasteiger partial charge on any atom is 0.255 e. The van der Waals surface area contributed by atoms with Gasteiger partial charge < -0.3 is 14.8 Å². The fraction of sp³-hybridized carbons (Fsp3) is 0.812. The van der Waals surface area contributed by atoms with E-state index in [1.807, 2.05) is 0 Å². The lowest BCUT2D eigenvalue weighted by atomic mass is 9.46. The Morgan fingerprint density at radius 3 is 2.70 bits per heavy atom. The smallest absolute Gasteiger partial charge is 0.255 e. The van der Waals surface area contributed by atoms with Crippen LogP contribution in [-0.2, 0) is 14.3 Å². The second-order valence-electron chi connectivity index (χ2n) is 7.14. The molecule has 1 heterocycles. The van der Waals surface area contributed by atoms with E-state index in [2.05, 4.69) is 25.7 Å². The van der Waals surface area contributed by atoms with E-state index in [1.165, 1.54) is 12.0 Å². The van der Waals surface area contributed by atoms with Crippen LogP contribution < -0.4 is 5.32 Å². The van der Waals surface area contributed by atoms with Crippen LogP contribution in [0.15, 0.2) is 12.2 Å². The van der Waals surface area contributed by atoms with Crippen LogP contribution in [0.5, 0.6) is 0 Å². The van der Waals surface area contributed by atoms with Gasteiger partial charge in [0.25, 0.3) is 5.91 Å². The molecule has 4 fully saturated rings. The average molecular weight is 279 g/mol. The zero-order chi connectivity index (χ0) is 14.5. The molecular formula is C16H25NO3. The van der Waals surface area contributed by atoms with Gasteiger partial charge in [-0.15, -0.1) is 0 Å². The van der Waals surface area contributed by atoms with Crippen molar-refractivity contribution >= 4 is 5.91 Å². The minimum atomic E-state index is -0.794. The van der Waals surface area contributed by atoms with Crippen LogP contribution in [0.25, 0.3) is 0 Å². The number of hydrogen-bond donors (Lipinski definition) is 1. The van der Waals surface area contributed by atoms with E-state index in [4.69, 9.17) is 9.47 Å². The summed E-state index contributed by atoms with van der Waals surface area (Å²) >= 11 is 0. The van der Waals surface area contributed by atoms with Crippen LogP contribution in [0.4, 0.5) is 0 Å². The molecule has 1 aliphatic heterocycles. The van der Waals surface area contributed by atoms with Crippen LogP contribution in [0.3, 0.4) is 0 Å². The highest BCUT2D eigenvalue weighted by molar-refractivity contribution is 5.86. The molecule has 2 bridgehead atoms. The lowest BCUT2D eigenvalue weighted by Crippen LogP contribution is -2.60. The van der Waals surface area contributed by atoms with Gasteiger partial charge in [0.15, 0.2) is 5.60 Å². The van der Waals surface area contributed by atoms with Crippen molar-refractivity contribution in [3.8, 4) is 0 Å². The molecule has 0 spiro atoms. The van der Waals surface area contributed by atoms with Gasteiger partial charge in [-0.3, -0.25) is 4.79 Å². The number of amides is 1. The summed E-state index contributed by atoms with van der Waals surface area (Å²) in [7, 11) is 1.59. The molecular weight excluding hydrogens is 254 g/mol. The summed E-state index contributed by atoms with van der Waals surface area (Å²) in [6, 6.07) is 0.104. The molecule has 4 rings (SSSR count). The SMILES string of the molecule is C=C1C(NC(=O)C2(OC)CCOC2)C[C@H]2C[C@@H]1C2(C)C. The molecule has 20 heavy (non-hydrogen) atoms. The van der Waals surface area contributed by atoms with Crippen molar-refractivity contribution < 1.29 is 14.3 Å². The largest absolute Gasteiger partial charge is 0.378 e. The van der Waals surface area contributed by atoms with Crippen LogP contribution in [0.2, 0.25) is 0 Å². The molecule has 2 unspecified atom stereocenters. The molecule has 4 atom stereocenters. The normalized spacial score (nSPS) is 42.1. The van der Waals surface area contributed by atoms with E-state index in [9.17, 15) is 4.79 Å². The van der Waals surface area contributed by atoms with Crippen LogP contribution in [0.1, 0.15) is 33.1 Å². The number of fused-ring (bicyclic) bond motifs is 2. The van der Waals surface area contributed by atoms with Crippen molar-refractivity contribution in [2.24, 2.45) is 17.3 Å². The zero-order valence-electron chi connectivity index (χ0n) is 12.7. The first-order valence-corrected chi connectivity index (χ1v) is 7.53. The minimum Gasteiger partial charge on any atom is -0.378 e. The molecule has 4 nitrogen and oxygen atoms in total. The third-order valence-electron chi connectivity index (χ3n) is 5.98. The summed E-state index contributed by atoms with van der Waals surface area (Å²) in [5.74, 6) is 1.20. The van der Waals surface area contributed by atoms with E-state index in [0.717, 1.165) is 6.42 Å². The van der Waals surface area contributed by atoms with Gasteiger partial charge in [-0.2, -0.15) is 0 Å².